The number of rotatable bonds is 15. The number of aromatic nitrogens is 5. The molecule has 0 radical (unpaired) electrons. The third kappa shape index (κ3) is 9.99. The lowest BCUT2D eigenvalue weighted by atomic mass is 9.93. The Morgan fingerprint density at radius 1 is 0.882 bits per heavy atom. The largest absolute Gasteiger partial charge is 0.477 e. The number of aromatic carboxylic acids is 1. The number of hydrogen-bond donors (Lipinski definition) is 5. The first-order chi connectivity index (χ1) is 32.5. The van der Waals surface area contributed by atoms with Crippen LogP contribution in [0, 0.1) is 11.6 Å². The minimum Gasteiger partial charge on any atom is -0.477 e. The van der Waals surface area contributed by atoms with Crippen LogP contribution >= 0.6 is 0 Å². The van der Waals surface area contributed by atoms with Gasteiger partial charge in [0.2, 0.25) is 29.5 Å². The van der Waals surface area contributed by atoms with Crippen LogP contribution in [0.2, 0.25) is 0 Å². The van der Waals surface area contributed by atoms with Crippen LogP contribution < -0.4 is 20.3 Å². The molecular weight excluding hydrogens is 907 g/mol. The number of nitrogens with one attached hydrogen (secondary N) is 4. The van der Waals surface area contributed by atoms with Crippen LogP contribution in [-0.4, -0.2) is 147 Å². The molecule has 20 nitrogen and oxygen atoms in total. The van der Waals surface area contributed by atoms with Gasteiger partial charge in [-0.05, 0) is 69.5 Å². The fourth-order valence-electron chi connectivity index (χ4n) is 8.75. The highest BCUT2D eigenvalue weighted by molar-refractivity contribution is 7.90. The van der Waals surface area contributed by atoms with Crippen molar-refractivity contribution in [2.24, 2.45) is 0 Å². The lowest BCUT2D eigenvalue weighted by Crippen LogP contribution is -2.48. The summed E-state index contributed by atoms with van der Waals surface area (Å²) in [6.07, 6.45) is 10.0. The number of carbonyl (C=O) groups excluding carboxylic acids is 4. The number of piperidine rings is 3. The van der Waals surface area contributed by atoms with Gasteiger partial charge in [-0.25, -0.2) is 28.5 Å². The van der Waals surface area contributed by atoms with E-state index in [-0.39, 0.29) is 60.2 Å². The zero-order valence-electron chi connectivity index (χ0n) is 37.5. The third-order valence-corrected chi connectivity index (χ3v) is 14.4. The average Bonchev–Trinajstić information content (AvgIpc) is 3.73. The van der Waals surface area contributed by atoms with E-state index in [1.54, 1.807) is 25.5 Å². The smallest absolute Gasteiger partial charge is 0.353 e. The molecule has 3 aliphatic heterocycles. The number of amides is 3. The van der Waals surface area contributed by atoms with Crippen LogP contribution in [0.1, 0.15) is 83.5 Å². The summed E-state index contributed by atoms with van der Waals surface area (Å²) >= 11 is 0. The van der Waals surface area contributed by atoms with E-state index in [9.17, 15) is 37.5 Å². The molecule has 3 fully saturated rings. The Morgan fingerprint density at radius 2 is 1.59 bits per heavy atom. The number of anilines is 3. The first kappa shape index (κ1) is 47.5. The SMILES string of the molecule is CCN(C)S(=O)(=O)Nc1ccc(F)c(C(=O)c2c(C(=O)O)[nH]c3ncc(-c4cnc(N5CCC(N(C)CC(=O)N6CCC(c7ccc(NC8CCC(=O)NC8=O)cn7)CC6)CC5)nc4)cc23)c1F. The topological polar surface area (TPSA) is 256 Å². The van der Waals surface area contributed by atoms with Gasteiger partial charge < -0.3 is 25.2 Å². The summed E-state index contributed by atoms with van der Waals surface area (Å²) in [6, 6.07) is 6.48. The number of H-pyrrole nitrogens is 1. The molecule has 5 N–H and O–H groups in total. The third-order valence-electron chi connectivity index (χ3n) is 12.9. The monoisotopic (exact) mass is 956 g/mol. The summed E-state index contributed by atoms with van der Waals surface area (Å²) in [7, 11) is -1.07. The van der Waals surface area contributed by atoms with Crippen LogP contribution in [0.25, 0.3) is 22.2 Å². The molecule has 0 bridgehead atoms. The van der Waals surface area contributed by atoms with Gasteiger partial charge in [-0.3, -0.25) is 39.1 Å². The highest BCUT2D eigenvalue weighted by atomic mass is 32.2. The zero-order chi connectivity index (χ0) is 48.4. The van der Waals surface area contributed by atoms with E-state index >= 15 is 8.78 Å². The van der Waals surface area contributed by atoms with Gasteiger partial charge in [0.1, 0.15) is 23.2 Å². The minimum absolute atomic E-state index is 0.0316. The Hall–Kier alpha value is -6.98. The normalized spacial score (nSPS) is 17.5. The number of nitrogens with zero attached hydrogens (tertiary/aromatic N) is 8. The standard InChI is InChI=1S/C45H50F2N12O8S/c1-4-57(3)68(66,67)55-33-8-6-31(46)38(39(33)47)41(62)37-30-19-26(20-49-42(30)54-40(37)44(64)65)27-21-50-45(51-22-27)59-17-13-29(14-18-59)56(2)24-36(61)58-15-11-25(12-16-58)32-7-5-28(23-48-32)52-34-9-10-35(60)53-43(34)63/h5-8,19-23,25,29,34,52,55H,4,9-18,24H2,1-3H3,(H,49,54)(H,64,65)(H,53,60,63). The average molecular weight is 957 g/mol. The van der Waals surface area contributed by atoms with Gasteiger partial charge in [-0.15, -0.1) is 0 Å². The van der Waals surface area contributed by atoms with Crippen LogP contribution in [0.15, 0.2) is 55.1 Å². The molecule has 0 saturated carbocycles. The molecule has 3 aliphatic rings. The Labute approximate surface area is 389 Å². The van der Waals surface area contributed by atoms with E-state index in [4.69, 9.17) is 0 Å². The Balaban J connectivity index is 0.860. The molecule has 3 amide bonds. The van der Waals surface area contributed by atoms with Crippen LogP contribution in [0.5, 0.6) is 0 Å². The quantitative estimate of drug-likeness (QED) is 0.0740. The van der Waals surface area contributed by atoms with Crippen molar-refractivity contribution < 1.29 is 46.3 Å². The number of benzene rings is 1. The molecule has 8 rings (SSSR count). The van der Waals surface area contributed by atoms with E-state index in [1.165, 1.54) is 19.3 Å². The van der Waals surface area contributed by atoms with Crippen molar-refractivity contribution in [1.82, 2.24) is 44.3 Å². The first-order valence-electron chi connectivity index (χ1n) is 22.1. The number of hydrogen-bond acceptors (Lipinski definition) is 14. The number of pyridine rings is 2. The number of halogens is 2. The molecule has 4 aromatic heterocycles. The molecule has 1 atom stereocenters. The second kappa shape index (κ2) is 19.7. The molecular formula is C45H50F2N12O8S. The van der Waals surface area contributed by atoms with Gasteiger partial charge in [0.15, 0.2) is 5.82 Å². The van der Waals surface area contributed by atoms with Gasteiger partial charge in [0, 0.05) is 98.9 Å². The van der Waals surface area contributed by atoms with Gasteiger partial charge in [0.05, 0.1) is 35.2 Å². The maximum absolute atomic E-state index is 15.8. The van der Waals surface area contributed by atoms with Gasteiger partial charge in [-0.2, -0.15) is 12.7 Å². The fraction of sp³-hybridized carbons (Fsp3) is 0.400. The minimum atomic E-state index is -4.27. The zero-order valence-corrected chi connectivity index (χ0v) is 38.3. The van der Waals surface area contributed by atoms with E-state index < -0.39 is 62.1 Å². The molecule has 23 heteroatoms. The lowest BCUT2D eigenvalue weighted by molar-refractivity contribution is -0.134. The number of imide groups is 1. The predicted octanol–water partition coefficient (Wildman–Crippen LogP) is 3.75. The number of likely N-dealkylation sites (tertiary alicyclic amines) is 1. The van der Waals surface area contributed by atoms with Crippen molar-refractivity contribution >= 4 is 68.0 Å². The van der Waals surface area contributed by atoms with Crippen LogP contribution in [0.4, 0.5) is 26.1 Å². The maximum Gasteiger partial charge on any atom is 0.353 e. The Morgan fingerprint density at radius 3 is 2.24 bits per heavy atom. The molecule has 0 aliphatic carbocycles. The molecule has 5 aromatic rings. The predicted molar refractivity (Wildman–Crippen MR) is 245 cm³/mol. The summed E-state index contributed by atoms with van der Waals surface area (Å²) in [6.45, 7) is 4.38. The van der Waals surface area contributed by atoms with Crippen molar-refractivity contribution in [1.29, 1.82) is 0 Å². The lowest BCUT2D eigenvalue weighted by Gasteiger charge is -2.38. The number of fused-ring (bicyclic) bond motifs is 1. The molecule has 7 heterocycles. The van der Waals surface area contributed by atoms with E-state index in [0.29, 0.717) is 61.4 Å². The summed E-state index contributed by atoms with van der Waals surface area (Å²) in [5.41, 5.74) is -0.693. The first-order valence-corrected chi connectivity index (χ1v) is 23.6. The van der Waals surface area contributed by atoms with Crippen molar-refractivity contribution in [2.45, 2.75) is 63.5 Å². The number of aromatic amines is 1. The number of carbonyl (C=O) groups is 5. The number of likely N-dealkylation sites (N-methyl/N-ethyl adjacent to an activating group) is 1. The second-order valence-corrected chi connectivity index (χ2v) is 18.9. The van der Waals surface area contributed by atoms with Crippen LogP contribution in [-0.2, 0) is 24.6 Å². The summed E-state index contributed by atoms with van der Waals surface area (Å²) < 4.78 is 59.1. The van der Waals surface area contributed by atoms with Gasteiger partial charge in [0.25, 0.3) is 0 Å². The number of ketones is 1. The second-order valence-electron chi connectivity index (χ2n) is 17.1. The molecule has 1 aromatic carbocycles. The van der Waals surface area contributed by atoms with Crippen LogP contribution in [0.3, 0.4) is 0 Å². The summed E-state index contributed by atoms with van der Waals surface area (Å²) in [5.74, 6) is -5.66. The summed E-state index contributed by atoms with van der Waals surface area (Å²) in [4.78, 5) is 89.9. The van der Waals surface area contributed by atoms with E-state index in [2.05, 4.69) is 40.5 Å². The highest BCUT2D eigenvalue weighted by Crippen LogP contribution is 2.33. The molecule has 68 heavy (non-hydrogen) atoms. The van der Waals surface area contributed by atoms with Crippen molar-refractivity contribution in [2.75, 3.05) is 68.3 Å². The number of carboxylic acid groups (broad SMARTS) is 1. The van der Waals surface area contributed by atoms with E-state index in [1.807, 2.05) is 33.7 Å². The van der Waals surface area contributed by atoms with Crippen molar-refractivity contribution in [3.63, 3.8) is 0 Å². The number of carboxylic acids is 1. The fourth-order valence-corrected chi connectivity index (χ4v) is 9.68. The van der Waals surface area contributed by atoms with Crippen molar-refractivity contribution in [3.8, 4) is 11.1 Å². The maximum atomic E-state index is 15.8. The van der Waals surface area contributed by atoms with Gasteiger partial charge >= 0.3 is 16.2 Å². The molecule has 358 valence electrons. The Bertz CT molecular complexity index is 2870. The molecule has 3 saturated heterocycles. The van der Waals surface area contributed by atoms with Crippen molar-refractivity contribution in [3.05, 3.63) is 89.3 Å². The Kier molecular flexibility index (Phi) is 13.8. The van der Waals surface area contributed by atoms with E-state index in [0.717, 1.165) is 41.7 Å². The van der Waals surface area contributed by atoms with Gasteiger partial charge in [-0.1, -0.05) is 6.92 Å². The summed E-state index contributed by atoms with van der Waals surface area (Å²) in [5, 5.41) is 15.4. The highest BCUT2D eigenvalue weighted by Gasteiger charge is 2.33. The molecule has 0 spiro atoms. The molecule has 1 unspecified atom stereocenters.